The second-order valence-electron chi connectivity index (χ2n) is 12.7. The molecular formula is C36H72N2O3. The Bertz CT molecular complexity index is 555. The van der Waals surface area contributed by atoms with Crippen LogP contribution in [0.25, 0.3) is 0 Å². The van der Waals surface area contributed by atoms with E-state index in [2.05, 4.69) is 12.2 Å². The first-order chi connectivity index (χ1) is 20.1. The summed E-state index contributed by atoms with van der Waals surface area (Å²) < 4.78 is 0. The first-order valence-corrected chi connectivity index (χ1v) is 18.3. The molecule has 0 heterocycles. The van der Waals surface area contributed by atoms with E-state index in [9.17, 15) is 9.59 Å². The van der Waals surface area contributed by atoms with E-state index in [1.54, 1.807) is 0 Å². The molecule has 0 spiro atoms. The fraction of sp³-hybridized carbons (Fsp3) is 0.944. The summed E-state index contributed by atoms with van der Waals surface area (Å²) >= 11 is 0. The standard InChI is InChI=1S/C36H72N2O3/c1-2-3-4-5-6-7-8-9-10-11-12-13-14-15-16-17-18-19-20-21-22-23-24-25-26-27-28-32-35(39)38-33-30-29-31-34(37)36(40)41/h34H,2-33,37H2,1H3,(H,38,39)(H,40,41)/t34-/m0/s1. The average Bonchev–Trinajstić information content (AvgIpc) is 2.96. The largest absolute Gasteiger partial charge is 0.480 e. The Morgan fingerprint density at radius 3 is 1.15 bits per heavy atom. The number of carbonyl (C=O) groups excluding carboxylic acids is 1. The second kappa shape index (κ2) is 33.4. The van der Waals surface area contributed by atoms with Crippen LogP contribution in [0.2, 0.25) is 0 Å². The summed E-state index contributed by atoms with van der Waals surface area (Å²) in [6.45, 7) is 2.91. The maximum absolute atomic E-state index is 11.9. The van der Waals surface area contributed by atoms with Crippen LogP contribution in [0.1, 0.15) is 206 Å². The lowest BCUT2D eigenvalue weighted by Crippen LogP contribution is -2.30. The number of hydrogen-bond acceptors (Lipinski definition) is 3. The Kier molecular flexibility index (Phi) is 32.5. The van der Waals surface area contributed by atoms with Crippen molar-refractivity contribution in [2.24, 2.45) is 5.73 Å². The lowest BCUT2D eigenvalue weighted by atomic mass is 10.0. The molecule has 244 valence electrons. The Morgan fingerprint density at radius 1 is 0.512 bits per heavy atom. The molecule has 0 saturated carbocycles. The van der Waals surface area contributed by atoms with Gasteiger partial charge in [0.25, 0.3) is 0 Å². The van der Waals surface area contributed by atoms with Crippen molar-refractivity contribution in [2.75, 3.05) is 6.54 Å². The molecule has 0 aliphatic rings. The van der Waals surface area contributed by atoms with Crippen LogP contribution in [0, 0.1) is 0 Å². The van der Waals surface area contributed by atoms with Gasteiger partial charge in [0.2, 0.25) is 5.91 Å². The lowest BCUT2D eigenvalue weighted by molar-refractivity contribution is -0.138. The molecule has 0 radical (unpaired) electrons. The van der Waals surface area contributed by atoms with Gasteiger partial charge in [0.1, 0.15) is 6.04 Å². The average molecular weight is 581 g/mol. The number of amides is 1. The highest BCUT2D eigenvalue weighted by molar-refractivity contribution is 5.75. The highest BCUT2D eigenvalue weighted by Crippen LogP contribution is 2.16. The van der Waals surface area contributed by atoms with E-state index < -0.39 is 12.0 Å². The van der Waals surface area contributed by atoms with Gasteiger partial charge in [0, 0.05) is 13.0 Å². The zero-order valence-electron chi connectivity index (χ0n) is 27.5. The minimum Gasteiger partial charge on any atom is -0.480 e. The van der Waals surface area contributed by atoms with Crippen molar-refractivity contribution in [1.82, 2.24) is 5.32 Å². The first kappa shape index (κ1) is 39.9. The smallest absolute Gasteiger partial charge is 0.320 e. The number of carboxylic acid groups (broad SMARTS) is 1. The van der Waals surface area contributed by atoms with Gasteiger partial charge in [-0.25, -0.2) is 0 Å². The Morgan fingerprint density at radius 2 is 0.829 bits per heavy atom. The third-order valence-corrected chi connectivity index (χ3v) is 8.59. The number of rotatable bonds is 34. The second-order valence-corrected chi connectivity index (χ2v) is 12.7. The van der Waals surface area contributed by atoms with Crippen molar-refractivity contribution in [3.63, 3.8) is 0 Å². The normalized spacial score (nSPS) is 12.0. The maximum Gasteiger partial charge on any atom is 0.320 e. The molecule has 41 heavy (non-hydrogen) atoms. The van der Waals surface area contributed by atoms with Crippen molar-refractivity contribution in [3.05, 3.63) is 0 Å². The van der Waals surface area contributed by atoms with Crippen LogP contribution in [-0.4, -0.2) is 29.6 Å². The van der Waals surface area contributed by atoms with Gasteiger partial charge in [-0.15, -0.1) is 0 Å². The quantitative estimate of drug-likeness (QED) is 0.0660. The monoisotopic (exact) mass is 581 g/mol. The van der Waals surface area contributed by atoms with E-state index in [0.29, 0.717) is 19.4 Å². The maximum atomic E-state index is 11.9. The molecule has 0 fully saturated rings. The molecule has 1 amide bonds. The predicted octanol–water partition coefficient (Wildman–Crippen LogP) is 10.6. The van der Waals surface area contributed by atoms with Crippen LogP contribution in [-0.2, 0) is 9.59 Å². The van der Waals surface area contributed by atoms with E-state index in [4.69, 9.17) is 10.8 Å². The third kappa shape index (κ3) is 33.3. The van der Waals surface area contributed by atoms with Gasteiger partial charge < -0.3 is 16.2 Å². The van der Waals surface area contributed by atoms with Gasteiger partial charge in [-0.1, -0.05) is 174 Å². The molecule has 0 rings (SSSR count). The van der Waals surface area contributed by atoms with E-state index in [1.807, 2.05) is 0 Å². The lowest BCUT2D eigenvalue weighted by Gasteiger charge is -2.07. The first-order valence-electron chi connectivity index (χ1n) is 18.3. The van der Waals surface area contributed by atoms with Crippen molar-refractivity contribution in [1.29, 1.82) is 0 Å². The molecule has 0 aliphatic carbocycles. The van der Waals surface area contributed by atoms with Crippen molar-refractivity contribution >= 4 is 11.9 Å². The Labute approximate surface area is 256 Å². The number of carbonyl (C=O) groups is 2. The Hall–Kier alpha value is -1.10. The van der Waals surface area contributed by atoms with Crippen molar-refractivity contribution in [2.45, 2.75) is 212 Å². The van der Waals surface area contributed by atoms with Gasteiger partial charge >= 0.3 is 5.97 Å². The molecule has 0 saturated heterocycles. The fourth-order valence-corrected chi connectivity index (χ4v) is 5.71. The van der Waals surface area contributed by atoms with Gasteiger partial charge in [-0.3, -0.25) is 9.59 Å². The molecule has 5 heteroatoms. The summed E-state index contributed by atoms with van der Waals surface area (Å²) in [6.07, 6.45) is 40.2. The highest BCUT2D eigenvalue weighted by Gasteiger charge is 2.10. The van der Waals surface area contributed by atoms with Crippen LogP contribution in [0.5, 0.6) is 0 Å². The van der Waals surface area contributed by atoms with Crippen LogP contribution in [0.4, 0.5) is 0 Å². The SMILES string of the molecule is CCCCCCCCCCCCCCCCCCCCCCCCCCCCCC(=O)NCCCC[C@H](N)C(=O)O. The van der Waals surface area contributed by atoms with E-state index in [0.717, 1.165) is 25.7 Å². The number of hydrogen-bond donors (Lipinski definition) is 3. The van der Waals surface area contributed by atoms with E-state index in [-0.39, 0.29) is 5.91 Å². The zero-order chi connectivity index (χ0) is 30.1. The van der Waals surface area contributed by atoms with Crippen LogP contribution in [0.15, 0.2) is 0 Å². The third-order valence-electron chi connectivity index (χ3n) is 8.59. The van der Waals surface area contributed by atoms with Crippen molar-refractivity contribution in [3.8, 4) is 0 Å². The van der Waals surface area contributed by atoms with Crippen molar-refractivity contribution < 1.29 is 14.7 Å². The molecule has 5 nitrogen and oxygen atoms in total. The fourth-order valence-electron chi connectivity index (χ4n) is 5.71. The number of unbranched alkanes of at least 4 members (excludes halogenated alkanes) is 27. The van der Waals surface area contributed by atoms with Crippen LogP contribution < -0.4 is 11.1 Å². The van der Waals surface area contributed by atoms with Crippen LogP contribution >= 0.6 is 0 Å². The van der Waals surface area contributed by atoms with Gasteiger partial charge in [-0.05, 0) is 25.7 Å². The topological polar surface area (TPSA) is 92.4 Å². The van der Waals surface area contributed by atoms with E-state index >= 15 is 0 Å². The molecule has 1 atom stereocenters. The minimum absolute atomic E-state index is 0.118. The molecular weight excluding hydrogens is 508 g/mol. The Balaban J connectivity index is 3.14. The number of carboxylic acids is 1. The van der Waals surface area contributed by atoms with Gasteiger partial charge in [0.15, 0.2) is 0 Å². The summed E-state index contributed by atoms with van der Waals surface area (Å²) in [4.78, 5) is 22.5. The van der Waals surface area contributed by atoms with E-state index in [1.165, 1.54) is 161 Å². The summed E-state index contributed by atoms with van der Waals surface area (Å²) in [5.41, 5.74) is 5.47. The number of nitrogens with two attached hydrogens (primary N) is 1. The molecule has 4 N–H and O–H groups in total. The summed E-state index contributed by atoms with van der Waals surface area (Å²) in [6, 6.07) is -0.788. The summed E-state index contributed by atoms with van der Waals surface area (Å²) in [5.74, 6) is -0.836. The molecule has 0 aliphatic heterocycles. The highest BCUT2D eigenvalue weighted by atomic mass is 16.4. The molecule has 0 aromatic carbocycles. The predicted molar refractivity (Wildman–Crippen MR) is 177 cm³/mol. The molecule has 0 unspecified atom stereocenters. The number of aliphatic carboxylic acids is 1. The summed E-state index contributed by atoms with van der Waals surface area (Å²) in [7, 11) is 0. The minimum atomic E-state index is -0.954. The summed E-state index contributed by atoms with van der Waals surface area (Å²) in [5, 5.41) is 11.7. The van der Waals surface area contributed by atoms with Gasteiger partial charge in [-0.2, -0.15) is 0 Å². The van der Waals surface area contributed by atoms with Gasteiger partial charge in [0.05, 0.1) is 0 Å². The molecule has 0 bridgehead atoms. The molecule has 0 aromatic rings. The zero-order valence-corrected chi connectivity index (χ0v) is 27.5. The van der Waals surface area contributed by atoms with Crippen LogP contribution in [0.3, 0.4) is 0 Å². The number of nitrogens with one attached hydrogen (secondary N) is 1. The molecule has 0 aromatic heterocycles.